The summed E-state index contributed by atoms with van der Waals surface area (Å²) in [4.78, 5) is 0.217. The highest BCUT2D eigenvalue weighted by Gasteiger charge is 2.26. The van der Waals surface area contributed by atoms with Crippen LogP contribution in [0.4, 0.5) is 0 Å². The molecule has 1 rings (SSSR count). The summed E-state index contributed by atoms with van der Waals surface area (Å²) < 4.78 is 26.8. The van der Waals surface area contributed by atoms with Crippen LogP contribution in [0.25, 0.3) is 0 Å². The van der Waals surface area contributed by atoms with Gasteiger partial charge in [-0.3, -0.25) is 0 Å². The van der Waals surface area contributed by atoms with Gasteiger partial charge < -0.3 is 0 Å². The largest absolute Gasteiger partial charge is 0.243 e. The Bertz CT molecular complexity index is 543. The van der Waals surface area contributed by atoms with E-state index in [2.05, 4.69) is 22.5 Å². The van der Waals surface area contributed by atoms with E-state index in [1.807, 2.05) is 13.8 Å². The minimum absolute atomic E-state index is 0.137. The molecule has 0 saturated carbocycles. The van der Waals surface area contributed by atoms with Crippen LogP contribution >= 0.6 is 27.5 Å². The first kappa shape index (κ1) is 15.7. The third-order valence-electron chi connectivity index (χ3n) is 2.38. The summed E-state index contributed by atoms with van der Waals surface area (Å²) in [6, 6.07) is 4.43. The molecular weight excluding hydrogens is 338 g/mol. The molecule has 1 aromatic rings. The van der Waals surface area contributed by atoms with Gasteiger partial charge in [-0.1, -0.05) is 17.7 Å². The molecule has 0 fully saturated rings. The summed E-state index contributed by atoms with van der Waals surface area (Å²) in [5.74, 6) is 0. The smallest absolute Gasteiger partial charge is 0.207 e. The molecule has 0 heterocycles. The van der Waals surface area contributed by atoms with Crippen LogP contribution in [0.3, 0.4) is 0 Å². The summed E-state index contributed by atoms with van der Waals surface area (Å²) in [7, 11) is -3.53. The molecular formula is C12H15BrClNO2S. The van der Waals surface area contributed by atoms with Crippen molar-refractivity contribution >= 4 is 37.6 Å². The highest BCUT2D eigenvalue weighted by molar-refractivity contribution is 9.10. The van der Waals surface area contributed by atoms with Gasteiger partial charge >= 0.3 is 0 Å². The van der Waals surface area contributed by atoms with Crippen molar-refractivity contribution in [2.24, 2.45) is 0 Å². The molecule has 0 aliphatic carbocycles. The van der Waals surface area contributed by atoms with E-state index in [0.29, 0.717) is 9.50 Å². The Morgan fingerprint density at radius 2 is 2.11 bits per heavy atom. The van der Waals surface area contributed by atoms with Crippen LogP contribution in [0.1, 0.15) is 13.8 Å². The van der Waals surface area contributed by atoms with Crippen molar-refractivity contribution in [3.05, 3.63) is 40.3 Å². The number of rotatable bonds is 5. The standard InChI is InChI=1S/C12H15BrClNO2S/c1-4-7-15(9(2)3)18(16,17)10-5-6-12(14)11(13)8-10/h4-6,8-9H,1,7H2,2-3H3. The zero-order valence-electron chi connectivity index (χ0n) is 10.2. The second kappa shape index (κ2) is 6.19. The quantitative estimate of drug-likeness (QED) is 0.758. The highest BCUT2D eigenvalue weighted by atomic mass is 79.9. The lowest BCUT2D eigenvalue weighted by Crippen LogP contribution is -2.37. The molecule has 0 aliphatic heterocycles. The van der Waals surface area contributed by atoms with Crippen molar-refractivity contribution in [1.82, 2.24) is 4.31 Å². The van der Waals surface area contributed by atoms with Crippen LogP contribution in [-0.2, 0) is 10.0 Å². The molecule has 0 aliphatic rings. The van der Waals surface area contributed by atoms with E-state index in [1.54, 1.807) is 12.1 Å². The van der Waals surface area contributed by atoms with Gasteiger partial charge in [-0.05, 0) is 48.0 Å². The topological polar surface area (TPSA) is 37.4 Å². The molecule has 0 radical (unpaired) electrons. The van der Waals surface area contributed by atoms with Crippen LogP contribution in [0.2, 0.25) is 5.02 Å². The first-order valence-electron chi connectivity index (χ1n) is 5.38. The average Bonchev–Trinajstić information content (AvgIpc) is 2.28. The van der Waals surface area contributed by atoms with Gasteiger partial charge in [0.1, 0.15) is 0 Å². The Balaban J connectivity index is 3.26. The molecule has 0 amide bonds. The monoisotopic (exact) mass is 351 g/mol. The first-order valence-corrected chi connectivity index (χ1v) is 7.99. The van der Waals surface area contributed by atoms with E-state index in [0.717, 1.165) is 0 Å². The fourth-order valence-corrected chi connectivity index (χ4v) is 3.77. The van der Waals surface area contributed by atoms with Gasteiger partial charge in [-0.2, -0.15) is 4.31 Å². The molecule has 0 bridgehead atoms. The summed E-state index contributed by atoms with van der Waals surface area (Å²) in [5.41, 5.74) is 0. The third-order valence-corrected chi connectivity index (χ3v) is 5.63. The fourth-order valence-electron chi connectivity index (χ4n) is 1.49. The maximum atomic E-state index is 12.4. The van der Waals surface area contributed by atoms with Crippen LogP contribution in [0.5, 0.6) is 0 Å². The lowest BCUT2D eigenvalue weighted by atomic mass is 10.4. The van der Waals surface area contributed by atoms with Crippen LogP contribution in [-0.4, -0.2) is 25.3 Å². The van der Waals surface area contributed by atoms with E-state index in [1.165, 1.54) is 16.4 Å². The summed E-state index contributed by atoms with van der Waals surface area (Å²) in [5, 5.41) is 0.480. The molecule has 0 unspecified atom stereocenters. The lowest BCUT2D eigenvalue weighted by Gasteiger charge is -2.24. The van der Waals surface area contributed by atoms with Gasteiger partial charge in [0.2, 0.25) is 10.0 Å². The van der Waals surface area contributed by atoms with Crippen molar-refractivity contribution in [1.29, 1.82) is 0 Å². The minimum atomic E-state index is -3.53. The Morgan fingerprint density at radius 3 is 2.56 bits per heavy atom. The van der Waals surface area contributed by atoms with Crippen LogP contribution in [0, 0.1) is 0 Å². The van der Waals surface area contributed by atoms with Gasteiger partial charge in [0, 0.05) is 17.1 Å². The zero-order chi connectivity index (χ0) is 13.9. The van der Waals surface area contributed by atoms with Gasteiger partial charge in [-0.15, -0.1) is 6.58 Å². The van der Waals surface area contributed by atoms with E-state index < -0.39 is 10.0 Å². The number of hydrogen-bond donors (Lipinski definition) is 0. The molecule has 1 aromatic carbocycles. The average molecular weight is 353 g/mol. The Morgan fingerprint density at radius 1 is 1.50 bits per heavy atom. The van der Waals surface area contributed by atoms with Crippen molar-refractivity contribution in [2.75, 3.05) is 6.54 Å². The fraction of sp³-hybridized carbons (Fsp3) is 0.333. The van der Waals surface area contributed by atoms with Crippen molar-refractivity contribution in [2.45, 2.75) is 24.8 Å². The van der Waals surface area contributed by atoms with E-state index in [9.17, 15) is 8.42 Å². The van der Waals surface area contributed by atoms with Gasteiger partial charge in [0.05, 0.1) is 9.92 Å². The van der Waals surface area contributed by atoms with Crippen molar-refractivity contribution in [3.63, 3.8) is 0 Å². The van der Waals surface area contributed by atoms with Crippen LogP contribution in [0.15, 0.2) is 40.2 Å². The molecule has 0 saturated heterocycles. The van der Waals surface area contributed by atoms with E-state index in [-0.39, 0.29) is 17.5 Å². The Labute approximate surface area is 122 Å². The molecule has 3 nitrogen and oxygen atoms in total. The maximum Gasteiger partial charge on any atom is 0.243 e. The summed E-state index contributed by atoms with van der Waals surface area (Å²) in [6.45, 7) is 7.51. The number of hydrogen-bond acceptors (Lipinski definition) is 2. The molecule has 100 valence electrons. The SMILES string of the molecule is C=CCN(C(C)C)S(=O)(=O)c1ccc(Cl)c(Br)c1. The van der Waals surface area contributed by atoms with E-state index >= 15 is 0 Å². The molecule has 0 N–H and O–H groups in total. The predicted octanol–water partition coefficient (Wildman–Crippen LogP) is 3.69. The normalized spacial score (nSPS) is 12.1. The Kier molecular flexibility index (Phi) is 5.40. The maximum absolute atomic E-state index is 12.4. The molecule has 0 aromatic heterocycles. The highest BCUT2D eigenvalue weighted by Crippen LogP contribution is 2.27. The number of sulfonamides is 1. The van der Waals surface area contributed by atoms with Crippen molar-refractivity contribution in [3.8, 4) is 0 Å². The molecule has 18 heavy (non-hydrogen) atoms. The third kappa shape index (κ3) is 3.35. The first-order chi connectivity index (χ1) is 8.30. The molecule has 0 atom stereocenters. The molecule has 0 spiro atoms. The lowest BCUT2D eigenvalue weighted by molar-refractivity contribution is 0.383. The number of halogens is 2. The number of nitrogens with zero attached hydrogens (tertiary/aromatic N) is 1. The van der Waals surface area contributed by atoms with Crippen molar-refractivity contribution < 1.29 is 8.42 Å². The van der Waals surface area contributed by atoms with Gasteiger partial charge in [-0.25, -0.2) is 8.42 Å². The van der Waals surface area contributed by atoms with E-state index in [4.69, 9.17) is 11.6 Å². The predicted molar refractivity (Wildman–Crippen MR) is 78.4 cm³/mol. The van der Waals surface area contributed by atoms with Crippen LogP contribution < -0.4 is 0 Å². The summed E-state index contributed by atoms with van der Waals surface area (Å²) >= 11 is 9.09. The Hall–Kier alpha value is -0.360. The zero-order valence-corrected chi connectivity index (χ0v) is 13.4. The second-order valence-corrected chi connectivity index (χ2v) is 7.19. The summed E-state index contributed by atoms with van der Waals surface area (Å²) in [6.07, 6.45) is 1.57. The second-order valence-electron chi connectivity index (χ2n) is 4.03. The minimum Gasteiger partial charge on any atom is -0.207 e. The van der Waals surface area contributed by atoms with Gasteiger partial charge in [0.25, 0.3) is 0 Å². The molecule has 6 heteroatoms. The number of benzene rings is 1. The van der Waals surface area contributed by atoms with Gasteiger partial charge in [0.15, 0.2) is 0 Å².